The van der Waals surface area contributed by atoms with Crippen LogP contribution in [-0.2, 0) is 0 Å². The zero-order valence-electron chi connectivity index (χ0n) is 12.4. The van der Waals surface area contributed by atoms with Gasteiger partial charge in [-0.25, -0.2) is 4.98 Å². The van der Waals surface area contributed by atoms with Crippen LogP contribution in [0.3, 0.4) is 0 Å². The molecule has 0 radical (unpaired) electrons. The maximum absolute atomic E-state index is 12.0. The number of amides is 1. The molecule has 0 saturated carbocycles. The summed E-state index contributed by atoms with van der Waals surface area (Å²) in [5.74, 6) is 1.35. The van der Waals surface area contributed by atoms with E-state index in [1.54, 1.807) is 6.20 Å². The average molecular weight is 356 g/mol. The molecule has 1 amide bonds. The second-order valence-electron chi connectivity index (χ2n) is 4.85. The summed E-state index contributed by atoms with van der Waals surface area (Å²) in [7, 11) is 0. The first-order valence-electron chi connectivity index (χ1n) is 7.12. The largest absolute Gasteiger partial charge is 0.454 e. The molecule has 23 heavy (non-hydrogen) atoms. The highest BCUT2D eigenvalue weighted by molar-refractivity contribution is 7.16. The van der Waals surface area contributed by atoms with Gasteiger partial charge in [0.05, 0.1) is 6.20 Å². The Hall–Kier alpha value is -1.83. The molecule has 1 aromatic heterocycles. The van der Waals surface area contributed by atoms with Crippen LogP contribution in [0.4, 0.5) is 0 Å². The van der Waals surface area contributed by atoms with Crippen LogP contribution in [0.2, 0.25) is 0 Å². The van der Waals surface area contributed by atoms with Crippen molar-refractivity contribution >= 4 is 29.7 Å². The number of hydrogen-bond acceptors (Lipinski definition) is 6. The molecule has 2 aromatic rings. The molecule has 1 aliphatic rings. The van der Waals surface area contributed by atoms with E-state index in [1.165, 1.54) is 11.3 Å². The standard InChI is InChI=1S/C15H17N3O3S.ClH/c16-5-1-2-6-17-14(19)13-8-18-15(22-13)10-3-4-11-12(7-10)21-9-20-11;/h3-4,7-8H,1-2,5-6,9,16H2,(H,17,19);1H. The van der Waals surface area contributed by atoms with Crippen molar-refractivity contribution in [1.82, 2.24) is 10.3 Å². The van der Waals surface area contributed by atoms with Crippen LogP contribution in [0.1, 0.15) is 22.5 Å². The predicted octanol–water partition coefficient (Wildman–Crippen LogP) is 2.43. The molecule has 1 aliphatic heterocycles. The number of halogens is 1. The normalized spacial score (nSPS) is 11.9. The predicted molar refractivity (Wildman–Crippen MR) is 91.5 cm³/mol. The fourth-order valence-corrected chi connectivity index (χ4v) is 2.93. The van der Waals surface area contributed by atoms with Crippen molar-refractivity contribution in [2.24, 2.45) is 5.73 Å². The topological polar surface area (TPSA) is 86.5 Å². The summed E-state index contributed by atoms with van der Waals surface area (Å²) >= 11 is 1.36. The van der Waals surface area contributed by atoms with Crippen LogP contribution < -0.4 is 20.5 Å². The van der Waals surface area contributed by atoms with Crippen LogP contribution in [-0.4, -0.2) is 30.8 Å². The number of benzene rings is 1. The second-order valence-corrected chi connectivity index (χ2v) is 5.88. The number of hydrogen-bond donors (Lipinski definition) is 2. The van der Waals surface area contributed by atoms with Crippen molar-refractivity contribution in [3.8, 4) is 22.1 Å². The van der Waals surface area contributed by atoms with E-state index in [1.807, 2.05) is 18.2 Å². The van der Waals surface area contributed by atoms with Gasteiger partial charge in [0.1, 0.15) is 9.88 Å². The molecule has 0 spiro atoms. The minimum Gasteiger partial charge on any atom is -0.454 e. The fraction of sp³-hybridized carbons (Fsp3) is 0.333. The maximum Gasteiger partial charge on any atom is 0.263 e. The van der Waals surface area contributed by atoms with Crippen molar-refractivity contribution in [3.63, 3.8) is 0 Å². The fourth-order valence-electron chi connectivity index (χ4n) is 2.10. The summed E-state index contributed by atoms with van der Waals surface area (Å²) < 4.78 is 10.6. The van der Waals surface area contributed by atoms with E-state index in [4.69, 9.17) is 15.2 Å². The Morgan fingerprint density at radius 3 is 2.96 bits per heavy atom. The quantitative estimate of drug-likeness (QED) is 0.777. The molecule has 3 N–H and O–H groups in total. The number of thiazole rings is 1. The van der Waals surface area contributed by atoms with E-state index in [9.17, 15) is 4.79 Å². The molecule has 0 bridgehead atoms. The monoisotopic (exact) mass is 355 g/mol. The van der Waals surface area contributed by atoms with Crippen LogP contribution in [0.25, 0.3) is 10.6 Å². The van der Waals surface area contributed by atoms with Crippen molar-refractivity contribution < 1.29 is 14.3 Å². The third kappa shape index (κ3) is 4.13. The SMILES string of the molecule is Cl.NCCCCNC(=O)c1cnc(-c2ccc3c(c2)OCO3)s1. The van der Waals surface area contributed by atoms with Gasteiger partial charge in [-0.05, 0) is 37.6 Å². The summed E-state index contributed by atoms with van der Waals surface area (Å²) in [6, 6.07) is 5.64. The molecule has 3 rings (SSSR count). The zero-order valence-corrected chi connectivity index (χ0v) is 14.0. The Morgan fingerprint density at radius 2 is 2.13 bits per heavy atom. The molecule has 1 aromatic carbocycles. The van der Waals surface area contributed by atoms with Gasteiger partial charge >= 0.3 is 0 Å². The van der Waals surface area contributed by atoms with E-state index < -0.39 is 0 Å². The Bertz CT molecular complexity index is 678. The van der Waals surface area contributed by atoms with E-state index in [-0.39, 0.29) is 25.1 Å². The summed E-state index contributed by atoms with van der Waals surface area (Å²) in [6.07, 6.45) is 3.39. The third-order valence-electron chi connectivity index (χ3n) is 3.27. The molecule has 0 unspecified atom stereocenters. The van der Waals surface area contributed by atoms with Gasteiger partial charge in [0.25, 0.3) is 5.91 Å². The van der Waals surface area contributed by atoms with E-state index in [0.717, 1.165) is 29.2 Å². The first-order valence-corrected chi connectivity index (χ1v) is 7.93. The van der Waals surface area contributed by atoms with Gasteiger partial charge in [-0.1, -0.05) is 0 Å². The molecule has 0 fully saturated rings. The van der Waals surface area contributed by atoms with E-state index >= 15 is 0 Å². The lowest BCUT2D eigenvalue weighted by atomic mass is 10.2. The summed E-state index contributed by atoms with van der Waals surface area (Å²) in [4.78, 5) is 16.9. The number of fused-ring (bicyclic) bond motifs is 1. The van der Waals surface area contributed by atoms with Crippen molar-refractivity contribution in [2.45, 2.75) is 12.8 Å². The summed E-state index contributed by atoms with van der Waals surface area (Å²) in [5, 5.41) is 3.65. The molecule has 6 nitrogen and oxygen atoms in total. The highest BCUT2D eigenvalue weighted by atomic mass is 35.5. The Balaban J connectivity index is 0.00000192. The van der Waals surface area contributed by atoms with Crippen molar-refractivity contribution in [3.05, 3.63) is 29.3 Å². The van der Waals surface area contributed by atoms with Crippen molar-refractivity contribution in [2.75, 3.05) is 19.9 Å². The number of aromatic nitrogens is 1. The average Bonchev–Trinajstić information content (AvgIpc) is 3.19. The van der Waals surface area contributed by atoms with Gasteiger partial charge in [-0.3, -0.25) is 4.79 Å². The highest BCUT2D eigenvalue weighted by Gasteiger charge is 2.16. The molecule has 2 heterocycles. The van der Waals surface area contributed by atoms with Gasteiger partial charge in [-0.2, -0.15) is 0 Å². The van der Waals surface area contributed by atoms with Gasteiger partial charge in [0.2, 0.25) is 6.79 Å². The maximum atomic E-state index is 12.0. The zero-order chi connectivity index (χ0) is 15.4. The minimum absolute atomic E-state index is 0. The molecule has 0 saturated heterocycles. The van der Waals surface area contributed by atoms with Crippen molar-refractivity contribution in [1.29, 1.82) is 0 Å². The van der Waals surface area contributed by atoms with Gasteiger partial charge in [-0.15, -0.1) is 23.7 Å². The number of nitrogens with zero attached hydrogens (tertiary/aromatic N) is 1. The number of unbranched alkanes of at least 4 members (excludes halogenated alkanes) is 1. The summed E-state index contributed by atoms with van der Waals surface area (Å²) in [5.41, 5.74) is 6.34. The highest BCUT2D eigenvalue weighted by Crippen LogP contribution is 2.36. The Morgan fingerprint density at radius 1 is 1.30 bits per heavy atom. The lowest BCUT2D eigenvalue weighted by Gasteiger charge is -2.01. The second kappa shape index (κ2) is 8.14. The number of nitrogens with two attached hydrogens (primary N) is 1. The van der Waals surface area contributed by atoms with Gasteiger partial charge in [0, 0.05) is 12.1 Å². The van der Waals surface area contributed by atoms with Crippen LogP contribution >= 0.6 is 23.7 Å². The van der Waals surface area contributed by atoms with Crippen LogP contribution in [0.15, 0.2) is 24.4 Å². The van der Waals surface area contributed by atoms with Crippen LogP contribution in [0.5, 0.6) is 11.5 Å². The third-order valence-corrected chi connectivity index (χ3v) is 4.31. The number of rotatable bonds is 6. The molecular formula is C15H18ClN3O3S. The van der Waals surface area contributed by atoms with Gasteiger partial charge in [0.15, 0.2) is 11.5 Å². The molecule has 0 aliphatic carbocycles. The Kier molecular flexibility index (Phi) is 6.20. The molecule has 124 valence electrons. The number of ether oxygens (including phenoxy) is 2. The molecule has 8 heteroatoms. The smallest absolute Gasteiger partial charge is 0.263 e. The first kappa shape index (κ1) is 17.5. The molecular weight excluding hydrogens is 338 g/mol. The number of carbonyl (C=O) groups excluding carboxylic acids is 1. The van der Waals surface area contributed by atoms with E-state index in [2.05, 4.69) is 10.3 Å². The van der Waals surface area contributed by atoms with Gasteiger partial charge < -0.3 is 20.5 Å². The lowest BCUT2D eigenvalue weighted by molar-refractivity contribution is 0.0957. The first-order chi connectivity index (χ1) is 10.8. The molecule has 0 atom stereocenters. The Labute approximate surface area is 144 Å². The van der Waals surface area contributed by atoms with Crippen LogP contribution in [0, 0.1) is 0 Å². The number of carbonyl (C=O) groups is 1. The minimum atomic E-state index is -0.0958. The summed E-state index contributed by atoms with van der Waals surface area (Å²) in [6.45, 7) is 1.52. The number of nitrogens with one attached hydrogen (secondary N) is 1. The lowest BCUT2D eigenvalue weighted by Crippen LogP contribution is -2.23. The van der Waals surface area contributed by atoms with E-state index in [0.29, 0.717) is 23.7 Å².